The molecule has 0 saturated carbocycles. The summed E-state index contributed by atoms with van der Waals surface area (Å²) in [5.74, 6) is -1.54. The summed E-state index contributed by atoms with van der Waals surface area (Å²) in [6, 6.07) is 7.55. The minimum atomic E-state index is -3.99. The van der Waals surface area contributed by atoms with E-state index in [1.54, 1.807) is 12.1 Å². The van der Waals surface area contributed by atoms with Crippen LogP contribution in [-0.2, 0) is 24.3 Å². The summed E-state index contributed by atoms with van der Waals surface area (Å²) in [4.78, 5) is 35.3. The highest BCUT2D eigenvalue weighted by Crippen LogP contribution is 2.22. The first kappa shape index (κ1) is 22.2. The predicted octanol–water partition coefficient (Wildman–Crippen LogP) is 2.56. The normalized spacial score (nSPS) is 12.2. The molecule has 2 rings (SSSR count). The molecule has 8 nitrogen and oxygen atoms in total. The van der Waals surface area contributed by atoms with Crippen LogP contribution in [-0.4, -0.2) is 38.7 Å². The number of ether oxygens (including phenoxy) is 1. The maximum Gasteiger partial charge on any atom is 0.324 e. The third kappa shape index (κ3) is 6.23. The molecular formula is C17H17BrN2O6S2. The van der Waals surface area contributed by atoms with Crippen molar-refractivity contribution in [2.24, 2.45) is 0 Å². The number of hydrogen-bond donors (Lipinski definition) is 2. The maximum absolute atomic E-state index is 12.4. The van der Waals surface area contributed by atoms with E-state index in [1.165, 1.54) is 49.4 Å². The Kier molecular flexibility index (Phi) is 7.47. The van der Waals surface area contributed by atoms with Crippen LogP contribution in [0.5, 0.6) is 0 Å². The number of amides is 1. The molecule has 1 atom stereocenters. The Morgan fingerprint density at radius 3 is 2.32 bits per heavy atom. The van der Waals surface area contributed by atoms with Crippen molar-refractivity contribution in [3.05, 3.63) is 45.1 Å². The first-order valence-corrected chi connectivity index (χ1v) is 11.0. The molecule has 1 aromatic heterocycles. The van der Waals surface area contributed by atoms with Gasteiger partial charge in [-0.05, 0) is 59.3 Å². The Hall–Kier alpha value is -2.08. The van der Waals surface area contributed by atoms with E-state index in [0.717, 1.165) is 3.79 Å². The van der Waals surface area contributed by atoms with Gasteiger partial charge in [0.25, 0.3) is 0 Å². The molecule has 1 aromatic carbocycles. The zero-order chi connectivity index (χ0) is 20.9. The van der Waals surface area contributed by atoms with Gasteiger partial charge in [-0.2, -0.15) is 4.72 Å². The second kappa shape index (κ2) is 9.41. The number of benzene rings is 1. The van der Waals surface area contributed by atoms with Crippen molar-refractivity contribution in [2.45, 2.75) is 24.8 Å². The molecule has 0 saturated heterocycles. The summed E-state index contributed by atoms with van der Waals surface area (Å²) in [5, 5.41) is 2.52. The van der Waals surface area contributed by atoms with Crippen LogP contribution in [0.2, 0.25) is 0 Å². The first-order chi connectivity index (χ1) is 13.1. The zero-order valence-electron chi connectivity index (χ0n) is 14.9. The molecule has 0 bridgehead atoms. The molecule has 2 aromatic rings. The lowest BCUT2D eigenvalue weighted by Gasteiger charge is -2.13. The van der Waals surface area contributed by atoms with Crippen LogP contribution in [0.25, 0.3) is 0 Å². The fourth-order valence-electron chi connectivity index (χ4n) is 2.07. The molecule has 0 aliphatic carbocycles. The standard InChI is InChI=1S/C17H17BrN2O6S2/c1-10(17(23)26-9-14(22)15-7-8-16(18)27-15)20-28(24,25)13-5-3-12(4-6-13)19-11(2)21/h3-8,10,20H,9H2,1-2H3,(H,19,21)/t10-/m0/s1. The lowest BCUT2D eigenvalue weighted by molar-refractivity contribution is -0.144. The number of carbonyl (C=O) groups is 3. The highest BCUT2D eigenvalue weighted by molar-refractivity contribution is 9.11. The van der Waals surface area contributed by atoms with Gasteiger partial charge in [0.2, 0.25) is 21.7 Å². The number of sulfonamides is 1. The molecule has 1 amide bonds. The number of Topliss-reactive ketones (excluding diaryl/α,β-unsaturated/α-hetero) is 1. The Morgan fingerprint density at radius 2 is 1.79 bits per heavy atom. The van der Waals surface area contributed by atoms with Gasteiger partial charge in [0.1, 0.15) is 6.04 Å². The van der Waals surface area contributed by atoms with Crippen molar-refractivity contribution in [3.8, 4) is 0 Å². The van der Waals surface area contributed by atoms with Gasteiger partial charge in [0.05, 0.1) is 13.6 Å². The van der Waals surface area contributed by atoms with Gasteiger partial charge in [0.15, 0.2) is 6.61 Å². The van der Waals surface area contributed by atoms with E-state index in [9.17, 15) is 22.8 Å². The number of carbonyl (C=O) groups excluding carboxylic acids is 3. The van der Waals surface area contributed by atoms with Crippen molar-refractivity contribution < 1.29 is 27.5 Å². The molecular weight excluding hydrogens is 472 g/mol. The number of nitrogens with one attached hydrogen (secondary N) is 2. The minimum Gasteiger partial charge on any atom is -0.456 e. The number of anilines is 1. The van der Waals surface area contributed by atoms with Crippen molar-refractivity contribution in [1.29, 1.82) is 0 Å². The summed E-state index contributed by atoms with van der Waals surface area (Å²) < 4.78 is 32.6. The average Bonchev–Trinajstić information content (AvgIpc) is 3.05. The first-order valence-electron chi connectivity index (χ1n) is 7.93. The van der Waals surface area contributed by atoms with Gasteiger partial charge in [-0.15, -0.1) is 11.3 Å². The van der Waals surface area contributed by atoms with Gasteiger partial charge >= 0.3 is 5.97 Å². The lowest BCUT2D eigenvalue weighted by Crippen LogP contribution is -2.40. The van der Waals surface area contributed by atoms with Crippen molar-refractivity contribution >= 4 is 60.6 Å². The van der Waals surface area contributed by atoms with E-state index in [0.29, 0.717) is 10.6 Å². The molecule has 0 unspecified atom stereocenters. The number of halogens is 1. The number of hydrogen-bond acceptors (Lipinski definition) is 7. The number of esters is 1. The van der Waals surface area contributed by atoms with E-state index in [2.05, 4.69) is 26.0 Å². The van der Waals surface area contributed by atoms with E-state index >= 15 is 0 Å². The Balaban J connectivity index is 1.94. The van der Waals surface area contributed by atoms with Crippen LogP contribution in [0.4, 0.5) is 5.69 Å². The predicted molar refractivity (Wildman–Crippen MR) is 108 cm³/mol. The van der Waals surface area contributed by atoms with Crippen LogP contribution in [0.1, 0.15) is 23.5 Å². The van der Waals surface area contributed by atoms with Gasteiger partial charge in [-0.25, -0.2) is 8.42 Å². The molecule has 0 aliphatic rings. The fourth-order valence-corrected chi connectivity index (χ4v) is 4.57. The average molecular weight is 489 g/mol. The van der Waals surface area contributed by atoms with E-state index in [-0.39, 0.29) is 16.6 Å². The van der Waals surface area contributed by atoms with Crippen LogP contribution in [0.15, 0.2) is 45.1 Å². The van der Waals surface area contributed by atoms with E-state index in [4.69, 9.17) is 4.74 Å². The van der Waals surface area contributed by atoms with Crippen molar-refractivity contribution in [3.63, 3.8) is 0 Å². The van der Waals surface area contributed by atoms with Crippen molar-refractivity contribution in [1.82, 2.24) is 4.72 Å². The van der Waals surface area contributed by atoms with Gasteiger partial charge in [-0.1, -0.05) is 0 Å². The van der Waals surface area contributed by atoms with Gasteiger partial charge in [-0.3, -0.25) is 14.4 Å². The second-order valence-corrected chi connectivity index (χ2v) is 9.86. The largest absolute Gasteiger partial charge is 0.456 e. The van der Waals surface area contributed by atoms with E-state index < -0.39 is 28.6 Å². The molecule has 2 N–H and O–H groups in total. The van der Waals surface area contributed by atoms with Gasteiger partial charge < -0.3 is 10.1 Å². The third-order valence-electron chi connectivity index (χ3n) is 3.36. The highest BCUT2D eigenvalue weighted by atomic mass is 79.9. The minimum absolute atomic E-state index is 0.0826. The molecule has 0 fully saturated rings. The van der Waals surface area contributed by atoms with Crippen LogP contribution in [0.3, 0.4) is 0 Å². The molecule has 0 radical (unpaired) electrons. The molecule has 11 heteroatoms. The van der Waals surface area contributed by atoms with Crippen LogP contribution >= 0.6 is 27.3 Å². The lowest BCUT2D eigenvalue weighted by atomic mass is 10.3. The maximum atomic E-state index is 12.4. The Bertz CT molecular complexity index is 985. The third-order valence-corrected chi connectivity index (χ3v) is 6.59. The second-order valence-electron chi connectivity index (χ2n) is 5.68. The Labute approximate surface area is 174 Å². The summed E-state index contributed by atoms with van der Waals surface area (Å²) in [6.45, 7) is 2.17. The number of thiophene rings is 1. The van der Waals surface area contributed by atoms with Crippen LogP contribution in [0, 0.1) is 0 Å². The topological polar surface area (TPSA) is 119 Å². The molecule has 0 aliphatic heterocycles. The fraction of sp³-hybridized carbons (Fsp3) is 0.235. The smallest absolute Gasteiger partial charge is 0.324 e. The SMILES string of the molecule is CC(=O)Nc1ccc(S(=O)(=O)N[C@@H](C)C(=O)OCC(=O)c2ccc(Br)s2)cc1. The van der Waals surface area contributed by atoms with E-state index in [1.807, 2.05) is 0 Å². The molecule has 1 heterocycles. The molecule has 0 spiro atoms. The number of rotatable bonds is 8. The quantitative estimate of drug-likeness (QED) is 0.435. The molecule has 150 valence electrons. The Morgan fingerprint density at radius 1 is 1.14 bits per heavy atom. The monoisotopic (exact) mass is 488 g/mol. The van der Waals surface area contributed by atoms with Crippen molar-refractivity contribution in [2.75, 3.05) is 11.9 Å². The molecule has 28 heavy (non-hydrogen) atoms. The summed E-state index contributed by atoms with van der Waals surface area (Å²) in [5.41, 5.74) is 0.442. The van der Waals surface area contributed by atoms with Gasteiger partial charge in [0, 0.05) is 12.6 Å². The number of ketones is 1. The summed E-state index contributed by atoms with van der Waals surface area (Å²) in [6.07, 6.45) is 0. The summed E-state index contributed by atoms with van der Waals surface area (Å²) >= 11 is 4.44. The van der Waals surface area contributed by atoms with Crippen LogP contribution < -0.4 is 10.0 Å². The summed E-state index contributed by atoms with van der Waals surface area (Å²) in [7, 11) is -3.99. The zero-order valence-corrected chi connectivity index (χ0v) is 18.1. The highest BCUT2D eigenvalue weighted by Gasteiger charge is 2.24.